The van der Waals surface area contributed by atoms with Gasteiger partial charge in [-0.25, -0.2) is 4.39 Å². The minimum absolute atomic E-state index is 0.0975. The van der Waals surface area contributed by atoms with Gasteiger partial charge in [0.15, 0.2) is 5.16 Å². The molecule has 6 nitrogen and oxygen atoms in total. The van der Waals surface area contributed by atoms with Crippen LogP contribution in [0.15, 0.2) is 34.2 Å². The third kappa shape index (κ3) is 9.67. The van der Waals surface area contributed by atoms with Gasteiger partial charge in [-0.2, -0.15) is 18.2 Å². The Bertz CT molecular complexity index is 2460. The Morgan fingerprint density at radius 1 is 0.714 bits per heavy atom. The maximum absolute atomic E-state index is 15.3. The first kappa shape index (κ1) is 51.1. The molecule has 0 N–H and O–H groups in total. The van der Waals surface area contributed by atoms with Gasteiger partial charge in [0.25, 0.3) is 5.56 Å². The highest BCUT2D eigenvalue weighted by atomic mass is 32.2. The van der Waals surface area contributed by atoms with E-state index in [9.17, 15) is 22.4 Å². The summed E-state index contributed by atoms with van der Waals surface area (Å²) in [5.74, 6) is -1.61. The van der Waals surface area contributed by atoms with Gasteiger partial charge in [-0.3, -0.25) is 9.59 Å². The number of benzene rings is 3. The first-order valence-electron chi connectivity index (χ1n) is 18.8. The van der Waals surface area contributed by atoms with E-state index in [0.29, 0.717) is 12.0 Å². The van der Waals surface area contributed by atoms with Crippen LogP contribution in [-0.4, -0.2) is 175 Å². The first-order valence-corrected chi connectivity index (χ1v) is 19.8. The van der Waals surface area contributed by atoms with E-state index in [-0.39, 0.29) is 35.0 Å². The van der Waals surface area contributed by atoms with Crippen LogP contribution >= 0.6 is 11.8 Å². The third-order valence-corrected chi connectivity index (χ3v) is 11.8. The van der Waals surface area contributed by atoms with Crippen molar-refractivity contribution in [3.63, 3.8) is 0 Å². The minimum Gasteiger partial charge on any atom is -0.348 e. The number of halogens is 4. The normalized spacial score (nSPS) is 13.6. The van der Waals surface area contributed by atoms with Crippen LogP contribution in [0.2, 0.25) is 0 Å². The van der Waals surface area contributed by atoms with Crippen molar-refractivity contribution in [3.8, 4) is 11.1 Å². The average molecular weight is 824 g/mol. The van der Waals surface area contributed by atoms with Crippen molar-refractivity contribution >= 4 is 187 Å². The van der Waals surface area contributed by atoms with Crippen LogP contribution in [-0.2, 0) is 40.2 Å². The predicted octanol–water partition coefficient (Wildman–Crippen LogP) is -6.55. The zero-order chi connectivity index (χ0) is 47.7. The summed E-state index contributed by atoms with van der Waals surface area (Å²) in [4.78, 5) is 34.8. The zero-order valence-electron chi connectivity index (χ0n) is 34.3. The highest BCUT2D eigenvalue weighted by Gasteiger charge is 2.44. The van der Waals surface area contributed by atoms with Gasteiger partial charge in [0.2, 0.25) is 5.91 Å². The number of amides is 1. The molecular weight excluding hydrogens is 801 g/mol. The molecule has 27 heteroatoms. The van der Waals surface area contributed by atoms with Crippen molar-refractivity contribution in [3.05, 3.63) is 68.4 Å². The van der Waals surface area contributed by atoms with Crippen LogP contribution in [0.5, 0.6) is 0 Å². The maximum atomic E-state index is 15.3. The fraction of sp³-hybridized carbons (Fsp3) is 0.361. The third-order valence-electron chi connectivity index (χ3n) is 10.8. The number of fused-ring (bicyclic) bond motifs is 1. The van der Waals surface area contributed by atoms with Gasteiger partial charge in [-0.1, -0.05) is 97.7 Å². The monoisotopic (exact) mass is 826 g/mol. The van der Waals surface area contributed by atoms with E-state index in [1.54, 1.807) is 0 Å². The van der Waals surface area contributed by atoms with Crippen molar-refractivity contribution in [2.75, 3.05) is 13.1 Å². The Kier molecular flexibility index (Phi) is 14.6. The Balaban J connectivity index is 1.75. The molecule has 0 spiro atoms. The molecule has 4 aromatic rings. The minimum atomic E-state index is -5.08. The molecule has 0 atom stereocenters. The maximum Gasteiger partial charge on any atom is 0.415 e. The second-order valence-electron chi connectivity index (χ2n) is 15.7. The second kappa shape index (κ2) is 18.0. The lowest BCUT2D eigenvalue weighted by molar-refractivity contribution is -0.137. The number of nitrogens with zero attached hydrogens (tertiary/aromatic N) is 4. The number of hydrogen-bond acceptors (Lipinski definition) is 5. The van der Waals surface area contributed by atoms with Gasteiger partial charge in [-0.05, 0) is 53.4 Å². The lowest BCUT2D eigenvalue weighted by atomic mass is 9.48. The molecule has 0 fully saturated rings. The molecule has 1 aliphatic rings. The molecule has 1 amide bonds. The number of hydrogen-bond donors (Lipinski definition) is 0. The largest absolute Gasteiger partial charge is 0.415 e. The van der Waals surface area contributed by atoms with Crippen molar-refractivity contribution in [2.45, 2.75) is 71.5 Å². The summed E-state index contributed by atoms with van der Waals surface area (Å²) in [6.07, 6.45) is -4.09. The summed E-state index contributed by atoms with van der Waals surface area (Å²) in [5.41, 5.74) is -8.00. The van der Waals surface area contributed by atoms with Gasteiger partial charge in [0.05, 0.1) is 47.1 Å². The summed E-state index contributed by atoms with van der Waals surface area (Å²) in [5, 5.41) is -9.05. The highest BCUT2D eigenvalue weighted by Crippen LogP contribution is 2.33. The zero-order valence-corrected chi connectivity index (χ0v) is 35.1. The van der Waals surface area contributed by atoms with Gasteiger partial charge in [0, 0.05) is 41.0 Å². The SMILES string of the molecule is [B]c1c([B])c(C(F)(F)F)c([B])c([B])c1-c1c([B])c([B])c(C([B])([B])N(CCN(C([B])([B])C)C([B])([B])C)C(=O)C([B])([B])n2c(SCc3ccc(F)cc3)nc(=O)c3c2CCC3)c([B])c1[B]. The lowest BCUT2D eigenvalue weighted by Gasteiger charge is -2.52. The quantitative estimate of drug-likeness (QED) is 0.0582. The lowest BCUT2D eigenvalue weighted by Crippen LogP contribution is -2.67. The molecule has 0 saturated carbocycles. The molecule has 1 aliphatic carbocycles. The van der Waals surface area contributed by atoms with Crippen LogP contribution in [0.3, 0.4) is 0 Å². The van der Waals surface area contributed by atoms with Crippen molar-refractivity contribution in [1.29, 1.82) is 0 Å². The number of carbonyl (C=O) groups is 1. The average Bonchev–Trinajstić information content (AvgIpc) is 3.64. The summed E-state index contributed by atoms with van der Waals surface area (Å²) in [6, 6.07) is 5.51. The molecular formula is C36H22B16F4N4O2S. The molecule has 0 bridgehead atoms. The molecule has 1 heterocycles. The molecule has 3 aromatic carbocycles. The van der Waals surface area contributed by atoms with E-state index in [1.807, 2.05) is 0 Å². The highest BCUT2D eigenvalue weighted by molar-refractivity contribution is 7.98. The summed E-state index contributed by atoms with van der Waals surface area (Å²) < 4.78 is 56.8. The molecule has 0 saturated heterocycles. The van der Waals surface area contributed by atoms with Gasteiger partial charge in [0.1, 0.15) is 84.3 Å². The van der Waals surface area contributed by atoms with E-state index >= 15 is 4.79 Å². The first-order chi connectivity index (χ1) is 28.8. The van der Waals surface area contributed by atoms with Crippen molar-refractivity contribution in [2.24, 2.45) is 0 Å². The Morgan fingerprint density at radius 3 is 1.62 bits per heavy atom. The molecule has 280 valence electrons. The predicted molar refractivity (Wildman–Crippen MR) is 257 cm³/mol. The van der Waals surface area contributed by atoms with Crippen LogP contribution in [0.4, 0.5) is 17.6 Å². The van der Waals surface area contributed by atoms with Crippen LogP contribution < -0.4 is 49.3 Å². The molecule has 32 radical (unpaired) electrons. The van der Waals surface area contributed by atoms with Gasteiger partial charge < -0.3 is 14.4 Å². The molecule has 1 aromatic heterocycles. The van der Waals surface area contributed by atoms with E-state index in [2.05, 4.69) is 4.98 Å². The Hall–Kier alpha value is -2.92. The van der Waals surface area contributed by atoms with E-state index in [1.165, 1.54) is 47.6 Å². The van der Waals surface area contributed by atoms with Crippen LogP contribution in [0.25, 0.3) is 11.1 Å². The van der Waals surface area contributed by atoms with Gasteiger partial charge >= 0.3 is 6.18 Å². The summed E-state index contributed by atoms with van der Waals surface area (Å²) >= 11 is 0.974. The van der Waals surface area contributed by atoms with Crippen molar-refractivity contribution in [1.82, 2.24) is 19.4 Å². The number of aromatic nitrogens is 2. The van der Waals surface area contributed by atoms with Crippen LogP contribution in [0, 0.1) is 5.82 Å². The van der Waals surface area contributed by atoms with E-state index in [0.717, 1.165) is 16.7 Å². The summed E-state index contributed by atoms with van der Waals surface area (Å²) in [6.45, 7) is 1.70. The Morgan fingerprint density at radius 2 is 1.17 bits per heavy atom. The fourth-order valence-corrected chi connectivity index (χ4v) is 8.79. The smallest absolute Gasteiger partial charge is 0.348 e. The number of alkyl halides is 3. The standard InChI is InChI=1S/C36H22B16F4N4O2S/c1-32(45,46)59(33(2,47)48)11-10-58(30(62)35(51,52)60-16-5-3-4-15(16)29(61)57-31(60)63-12-13-6-8-14(53)9-7-13)34(49,50)19-25(41)21(37)17(22(38)26(19)42)18-23(39)27(43)20(36(54,55)56)28(44)24(18)40/h6-9H,3-5,10-12H2,1-2H3. The number of rotatable bonds is 13. The van der Waals surface area contributed by atoms with Crippen molar-refractivity contribution < 1.29 is 22.4 Å². The van der Waals surface area contributed by atoms with E-state index in [4.69, 9.17) is 126 Å². The van der Waals surface area contributed by atoms with Gasteiger partial charge in [-0.15, -0.1) is 0 Å². The Labute approximate surface area is 390 Å². The fourth-order valence-electron chi connectivity index (χ4n) is 7.77. The summed E-state index contributed by atoms with van der Waals surface area (Å²) in [7, 11) is 103. The topological polar surface area (TPSA) is 58.4 Å². The number of carbonyl (C=O) groups excluding carboxylic acids is 1. The molecule has 0 aliphatic heterocycles. The molecule has 63 heavy (non-hydrogen) atoms. The van der Waals surface area contributed by atoms with E-state index < -0.39 is 124 Å². The van der Waals surface area contributed by atoms with Crippen LogP contribution in [0.1, 0.15) is 48.2 Å². The second-order valence-corrected chi connectivity index (χ2v) is 16.7. The molecule has 0 unspecified atom stereocenters. The molecule has 5 rings (SSSR count). The number of thioether (sulfide) groups is 1.